The fraction of sp³-hybridized carbons (Fsp3) is 0.533. The number of aromatic nitrogens is 2. The largest absolute Gasteiger partial charge is 0.497 e. The summed E-state index contributed by atoms with van der Waals surface area (Å²) in [6.45, 7) is 0. The number of methoxy groups -OCH3 is 2. The Morgan fingerprint density at radius 3 is 2.90 bits per heavy atom. The third-order valence-electron chi connectivity index (χ3n) is 4.14. The Morgan fingerprint density at radius 2 is 2.20 bits per heavy atom. The summed E-state index contributed by atoms with van der Waals surface area (Å²) >= 11 is 6.09. The molecule has 0 saturated heterocycles. The topological polar surface area (TPSA) is 36.3 Å². The predicted molar refractivity (Wildman–Crippen MR) is 79.5 cm³/mol. The molecular weight excluding hydrogens is 276 g/mol. The summed E-state index contributed by atoms with van der Waals surface area (Å²) < 4.78 is 13.1. The SMILES string of the molecule is COc1ccc2c(c1)nc(CCl)n2C1CCCC1OC. The van der Waals surface area contributed by atoms with Crippen molar-refractivity contribution in [3.63, 3.8) is 0 Å². The van der Waals surface area contributed by atoms with Crippen LogP contribution in [0.5, 0.6) is 5.75 Å². The van der Waals surface area contributed by atoms with Crippen molar-refractivity contribution in [2.24, 2.45) is 0 Å². The summed E-state index contributed by atoms with van der Waals surface area (Å²) in [6, 6.07) is 6.31. The standard InChI is InChI=1S/C15H19ClN2O2/c1-19-10-6-7-12-11(8-10)17-15(9-16)18(12)13-4-3-5-14(13)20-2/h6-8,13-14H,3-5,9H2,1-2H3. The molecule has 0 radical (unpaired) electrons. The molecule has 2 unspecified atom stereocenters. The number of rotatable bonds is 4. The molecule has 108 valence electrons. The minimum atomic E-state index is 0.247. The van der Waals surface area contributed by atoms with E-state index in [2.05, 4.69) is 15.6 Å². The van der Waals surface area contributed by atoms with Crippen LogP contribution in [-0.4, -0.2) is 29.9 Å². The van der Waals surface area contributed by atoms with Crippen molar-refractivity contribution in [1.29, 1.82) is 0 Å². The number of halogens is 1. The Hall–Kier alpha value is -1.26. The lowest BCUT2D eigenvalue weighted by molar-refractivity contribution is 0.0755. The van der Waals surface area contributed by atoms with Gasteiger partial charge in [0.05, 0.1) is 36.2 Å². The van der Waals surface area contributed by atoms with Crippen LogP contribution in [0.15, 0.2) is 18.2 Å². The van der Waals surface area contributed by atoms with E-state index in [1.807, 2.05) is 12.1 Å². The van der Waals surface area contributed by atoms with Gasteiger partial charge in [-0.25, -0.2) is 4.98 Å². The number of hydrogen-bond acceptors (Lipinski definition) is 3. The van der Waals surface area contributed by atoms with E-state index in [0.29, 0.717) is 11.9 Å². The minimum absolute atomic E-state index is 0.247. The number of benzene rings is 1. The molecule has 1 fully saturated rings. The highest BCUT2D eigenvalue weighted by Gasteiger charge is 2.31. The highest BCUT2D eigenvalue weighted by Crippen LogP contribution is 2.36. The molecule has 4 nitrogen and oxygen atoms in total. The van der Waals surface area contributed by atoms with Gasteiger partial charge in [0.2, 0.25) is 0 Å². The third kappa shape index (κ3) is 2.17. The van der Waals surface area contributed by atoms with Gasteiger partial charge in [0, 0.05) is 13.2 Å². The van der Waals surface area contributed by atoms with Gasteiger partial charge in [0.25, 0.3) is 0 Å². The molecule has 0 spiro atoms. The van der Waals surface area contributed by atoms with Gasteiger partial charge in [-0.1, -0.05) is 0 Å². The van der Waals surface area contributed by atoms with Crippen molar-refractivity contribution < 1.29 is 9.47 Å². The van der Waals surface area contributed by atoms with Gasteiger partial charge < -0.3 is 14.0 Å². The average molecular weight is 295 g/mol. The quantitative estimate of drug-likeness (QED) is 0.810. The van der Waals surface area contributed by atoms with Crippen molar-refractivity contribution in [1.82, 2.24) is 9.55 Å². The molecule has 0 N–H and O–H groups in total. The van der Waals surface area contributed by atoms with Gasteiger partial charge in [0.15, 0.2) is 0 Å². The molecule has 1 aliphatic rings. The van der Waals surface area contributed by atoms with Gasteiger partial charge in [0.1, 0.15) is 11.6 Å². The highest BCUT2D eigenvalue weighted by atomic mass is 35.5. The molecule has 20 heavy (non-hydrogen) atoms. The first-order valence-electron chi connectivity index (χ1n) is 6.92. The summed E-state index contributed by atoms with van der Waals surface area (Å²) in [5, 5.41) is 0. The Labute approximate surface area is 123 Å². The summed E-state index contributed by atoms with van der Waals surface area (Å²) in [5.74, 6) is 2.13. The molecule has 0 aliphatic heterocycles. The van der Waals surface area contributed by atoms with Crippen LogP contribution in [0.4, 0.5) is 0 Å². The Morgan fingerprint density at radius 1 is 1.35 bits per heavy atom. The van der Waals surface area contributed by atoms with Crippen LogP contribution < -0.4 is 4.74 Å². The number of ether oxygens (including phenoxy) is 2. The van der Waals surface area contributed by atoms with Gasteiger partial charge >= 0.3 is 0 Å². The van der Waals surface area contributed by atoms with Gasteiger partial charge in [-0.2, -0.15) is 0 Å². The fourth-order valence-corrected chi connectivity index (χ4v) is 3.39. The molecule has 1 aliphatic carbocycles. The lowest BCUT2D eigenvalue weighted by Crippen LogP contribution is -2.22. The fourth-order valence-electron chi connectivity index (χ4n) is 3.20. The van der Waals surface area contributed by atoms with E-state index in [0.717, 1.165) is 35.4 Å². The van der Waals surface area contributed by atoms with Crippen molar-refractivity contribution >= 4 is 22.6 Å². The summed E-state index contributed by atoms with van der Waals surface area (Å²) in [4.78, 5) is 4.65. The van der Waals surface area contributed by atoms with Gasteiger partial charge in [-0.3, -0.25) is 0 Å². The van der Waals surface area contributed by atoms with Crippen molar-refractivity contribution in [2.45, 2.75) is 37.3 Å². The Balaban J connectivity index is 2.12. The lowest BCUT2D eigenvalue weighted by Gasteiger charge is -2.22. The molecule has 0 amide bonds. The second-order valence-corrected chi connectivity index (χ2v) is 5.43. The number of alkyl halides is 1. The van der Waals surface area contributed by atoms with Crippen molar-refractivity contribution in [2.75, 3.05) is 14.2 Å². The van der Waals surface area contributed by atoms with E-state index in [1.165, 1.54) is 6.42 Å². The van der Waals surface area contributed by atoms with Crippen LogP contribution >= 0.6 is 11.6 Å². The van der Waals surface area contributed by atoms with E-state index < -0.39 is 0 Å². The van der Waals surface area contributed by atoms with Crippen LogP contribution in [0.1, 0.15) is 31.1 Å². The summed E-state index contributed by atoms with van der Waals surface area (Å²) in [5.41, 5.74) is 2.04. The molecule has 1 aromatic carbocycles. The van der Waals surface area contributed by atoms with Gasteiger partial charge in [-0.15, -0.1) is 11.6 Å². The van der Waals surface area contributed by atoms with E-state index in [-0.39, 0.29) is 6.10 Å². The lowest BCUT2D eigenvalue weighted by atomic mass is 10.2. The van der Waals surface area contributed by atoms with E-state index >= 15 is 0 Å². The second kappa shape index (κ2) is 5.62. The molecule has 3 rings (SSSR count). The first-order valence-corrected chi connectivity index (χ1v) is 7.45. The first kappa shape index (κ1) is 13.7. The Bertz CT molecular complexity index is 611. The average Bonchev–Trinajstić information content (AvgIpc) is 3.08. The zero-order valence-corrected chi connectivity index (χ0v) is 12.6. The van der Waals surface area contributed by atoms with Crippen LogP contribution in [0.3, 0.4) is 0 Å². The van der Waals surface area contributed by atoms with Crippen LogP contribution in [0.2, 0.25) is 0 Å². The monoisotopic (exact) mass is 294 g/mol. The van der Waals surface area contributed by atoms with Gasteiger partial charge in [-0.05, 0) is 31.4 Å². The molecule has 5 heteroatoms. The summed E-state index contributed by atoms with van der Waals surface area (Å²) in [6.07, 6.45) is 3.63. The number of nitrogens with zero attached hydrogens (tertiary/aromatic N) is 2. The van der Waals surface area contributed by atoms with Crippen LogP contribution in [-0.2, 0) is 10.6 Å². The second-order valence-electron chi connectivity index (χ2n) is 5.16. The Kier molecular flexibility index (Phi) is 3.85. The normalized spacial score (nSPS) is 22.6. The predicted octanol–water partition coefficient (Wildman–Crippen LogP) is 3.52. The van der Waals surface area contributed by atoms with E-state index in [9.17, 15) is 0 Å². The van der Waals surface area contributed by atoms with Crippen molar-refractivity contribution in [3.05, 3.63) is 24.0 Å². The minimum Gasteiger partial charge on any atom is -0.497 e. The maximum Gasteiger partial charge on any atom is 0.125 e. The molecule has 1 saturated carbocycles. The molecular formula is C15H19ClN2O2. The molecule has 1 heterocycles. The maximum absolute atomic E-state index is 6.09. The molecule has 0 bridgehead atoms. The van der Waals surface area contributed by atoms with E-state index in [4.69, 9.17) is 21.1 Å². The third-order valence-corrected chi connectivity index (χ3v) is 4.38. The number of hydrogen-bond donors (Lipinski definition) is 0. The van der Waals surface area contributed by atoms with E-state index in [1.54, 1.807) is 14.2 Å². The number of imidazole rings is 1. The zero-order chi connectivity index (χ0) is 14.1. The van der Waals surface area contributed by atoms with Crippen LogP contribution in [0, 0.1) is 0 Å². The first-order chi connectivity index (χ1) is 9.78. The highest BCUT2D eigenvalue weighted by molar-refractivity contribution is 6.16. The molecule has 2 aromatic rings. The maximum atomic E-state index is 6.09. The summed E-state index contributed by atoms with van der Waals surface area (Å²) in [7, 11) is 3.45. The molecule has 1 aromatic heterocycles. The van der Waals surface area contributed by atoms with Crippen molar-refractivity contribution in [3.8, 4) is 5.75 Å². The molecule has 2 atom stereocenters. The number of fused-ring (bicyclic) bond motifs is 1. The smallest absolute Gasteiger partial charge is 0.125 e. The van der Waals surface area contributed by atoms with Crippen LogP contribution in [0.25, 0.3) is 11.0 Å². The zero-order valence-electron chi connectivity index (χ0n) is 11.8.